The van der Waals surface area contributed by atoms with Crippen molar-refractivity contribution in [2.24, 2.45) is 29.6 Å². The molecule has 0 bridgehead atoms. The van der Waals surface area contributed by atoms with E-state index < -0.39 is 5.60 Å². The molecule has 0 aromatic carbocycles. The van der Waals surface area contributed by atoms with Crippen LogP contribution >= 0.6 is 0 Å². The molecule has 0 amide bonds. The second-order valence-electron chi connectivity index (χ2n) is 11.5. The Morgan fingerprint density at radius 3 is 2.57 bits per heavy atom. The maximum absolute atomic E-state index is 10.9. The second kappa shape index (κ2) is 9.10. The van der Waals surface area contributed by atoms with Crippen LogP contribution in [0.5, 0.6) is 0 Å². The van der Waals surface area contributed by atoms with Crippen molar-refractivity contribution in [3.05, 3.63) is 23.3 Å². The summed E-state index contributed by atoms with van der Waals surface area (Å²) >= 11 is 0. The molecule has 30 heavy (non-hydrogen) atoms. The van der Waals surface area contributed by atoms with Crippen molar-refractivity contribution in [1.82, 2.24) is 0 Å². The normalized spacial score (nSPS) is 38.6. The third kappa shape index (κ3) is 4.90. The van der Waals surface area contributed by atoms with Crippen molar-refractivity contribution in [1.29, 1.82) is 0 Å². The molecule has 0 aromatic heterocycles. The number of hydrogen-bond donors (Lipinski definition) is 2. The van der Waals surface area contributed by atoms with Gasteiger partial charge in [0.1, 0.15) is 0 Å². The first kappa shape index (κ1) is 22.6. The van der Waals surface area contributed by atoms with Crippen molar-refractivity contribution in [3.63, 3.8) is 0 Å². The van der Waals surface area contributed by atoms with E-state index in [0.29, 0.717) is 5.92 Å². The Labute approximate surface area is 185 Å². The Kier molecular flexibility index (Phi) is 6.85. The summed E-state index contributed by atoms with van der Waals surface area (Å²) in [5.74, 6) is 3.83. The minimum Gasteiger partial charge on any atom is -0.390 e. The first-order chi connectivity index (χ1) is 14.4. The van der Waals surface area contributed by atoms with Crippen LogP contribution in [0, 0.1) is 29.6 Å². The third-order valence-corrected chi connectivity index (χ3v) is 9.49. The Bertz CT molecular complexity index is 658. The quantitative estimate of drug-likeness (QED) is 0.400. The van der Waals surface area contributed by atoms with Gasteiger partial charge in [0.2, 0.25) is 0 Å². The molecule has 0 heterocycles. The molecule has 0 radical (unpaired) electrons. The highest BCUT2D eigenvalue weighted by Crippen LogP contribution is 2.53. The molecule has 170 valence electrons. The molecule has 2 N–H and O–H groups in total. The van der Waals surface area contributed by atoms with Gasteiger partial charge in [-0.2, -0.15) is 0 Å². The summed E-state index contributed by atoms with van der Waals surface area (Å²) in [6, 6.07) is 0. The Morgan fingerprint density at radius 1 is 1.07 bits per heavy atom. The van der Waals surface area contributed by atoms with Crippen LogP contribution in [-0.4, -0.2) is 21.4 Å². The lowest BCUT2D eigenvalue weighted by Crippen LogP contribution is -2.41. The summed E-state index contributed by atoms with van der Waals surface area (Å²) in [4.78, 5) is 0. The first-order valence-electron chi connectivity index (χ1n) is 13.2. The molecule has 2 fully saturated rings. The third-order valence-electron chi connectivity index (χ3n) is 9.49. The molecule has 4 aliphatic carbocycles. The molecule has 0 aliphatic heterocycles. The number of hydrogen-bond acceptors (Lipinski definition) is 2. The van der Waals surface area contributed by atoms with Crippen LogP contribution in [0.1, 0.15) is 111 Å². The van der Waals surface area contributed by atoms with Crippen molar-refractivity contribution in [3.8, 4) is 0 Å². The van der Waals surface area contributed by atoms with E-state index in [1.807, 2.05) is 0 Å². The molecular formula is C28H46O2. The van der Waals surface area contributed by atoms with Crippen LogP contribution < -0.4 is 0 Å². The Morgan fingerprint density at radius 2 is 1.87 bits per heavy atom. The second-order valence-corrected chi connectivity index (χ2v) is 11.5. The van der Waals surface area contributed by atoms with Gasteiger partial charge in [-0.1, -0.05) is 56.9 Å². The zero-order valence-electron chi connectivity index (χ0n) is 19.8. The van der Waals surface area contributed by atoms with Gasteiger partial charge in [-0.05, 0) is 107 Å². The lowest BCUT2D eigenvalue weighted by molar-refractivity contribution is -0.00808. The van der Waals surface area contributed by atoms with E-state index in [2.05, 4.69) is 32.9 Å². The summed E-state index contributed by atoms with van der Waals surface area (Å²) in [6.07, 6.45) is 21.1. The van der Waals surface area contributed by atoms with Crippen molar-refractivity contribution >= 4 is 0 Å². The largest absolute Gasteiger partial charge is 0.390 e. The average molecular weight is 415 g/mol. The van der Waals surface area contributed by atoms with E-state index in [1.165, 1.54) is 44.9 Å². The Hall–Kier alpha value is -0.600. The van der Waals surface area contributed by atoms with E-state index in [9.17, 15) is 10.2 Å². The summed E-state index contributed by atoms with van der Waals surface area (Å²) in [5, 5.41) is 21.1. The standard InChI is InChI=1S/C28H46O2/c1-4-6-7-26-24(11-10-23-19-27(29,5-2)15-13-25(23)26)22-9-8-21(18-22)20(3)12-14-28(30)16-17-28/h8,10,20,22,24-26,29-30H,4-7,9,11-19H2,1-3H3/t20-,22-,24+,25+,26+,27+/m1/s1. The van der Waals surface area contributed by atoms with Crippen molar-refractivity contribution < 1.29 is 10.2 Å². The van der Waals surface area contributed by atoms with Crippen LogP contribution in [0.3, 0.4) is 0 Å². The predicted molar refractivity (Wildman–Crippen MR) is 125 cm³/mol. The van der Waals surface area contributed by atoms with Gasteiger partial charge in [0.05, 0.1) is 11.2 Å². The summed E-state index contributed by atoms with van der Waals surface area (Å²) in [5.41, 5.74) is 2.54. The molecular weight excluding hydrogens is 368 g/mol. The van der Waals surface area contributed by atoms with Crippen LogP contribution in [0.2, 0.25) is 0 Å². The molecule has 0 unspecified atom stereocenters. The maximum atomic E-state index is 10.9. The molecule has 4 rings (SSSR count). The van der Waals surface area contributed by atoms with Gasteiger partial charge in [-0.3, -0.25) is 0 Å². The maximum Gasteiger partial charge on any atom is 0.0682 e. The SMILES string of the molecule is CCCC[C@H]1[C@H]([C@@H]2CC=C([C@H](C)CCC3(O)CC3)C2)CC=C2C[C@](O)(CC)CC[C@@H]21. The minimum absolute atomic E-state index is 0.302. The van der Waals surface area contributed by atoms with Crippen LogP contribution in [0.4, 0.5) is 0 Å². The molecule has 2 saturated carbocycles. The molecule has 2 heteroatoms. The zero-order chi connectivity index (χ0) is 21.4. The monoisotopic (exact) mass is 414 g/mol. The van der Waals surface area contributed by atoms with Gasteiger partial charge in [-0.15, -0.1) is 0 Å². The molecule has 0 aromatic rings. The number of unbranched alkanes of at least 4 members (excludes halogenated alkanes) is 1. The smallest absolute Gasteiger partial charge is 0.0682 e. The number of aliphatic hydroxyl groups is 2. The zero-order valence-corrected chi connectivity index (χ0v) is 19.8. The fraction of sp³-hybridized carbons (Fsp3) is 0.857. The molecule has 0 spiro atoms. The lowest BCUT2D eigenvalue weighted by atomic mass is 9.59. The summed E-state index contributed by atoms with van der Waals surface area (Å²) in [7, 11) is 0. The van der Waals surface area contributed by atoms with Gasteiger partial charge < -0.3 is 10.2 Å². The van der Waals surface area contributed by atoms with E-state index in [4.69, 9.17) is 0 Å². The Balaban J connectivity index is 1.40. The predicted octanol–water partition coefficient (Wildman–Crippen LogP) is 6.96. The van der Waals surface area contributed by atoms with E-state index in [1.54, 1.807) is 11.1 Å². The first-order valence-corrected chi connectivity index (χ1v) is 13.2. The number of fused-ring (bicyclic) bond motifs is 1. The highest BCUT2D eigenvalue weighted by atomic mass is 16.3. The molecule has 6 atom stereocenters. The average Bonchev–Trinajstić information content (AvgIpc) is 3.28. The lowest BCUT2D eigenvalue weighted by Gasteiger charge is -2.47. The van der Waals surface area contributed by atoms with E-state index in [-0.39, 0.29) is 5.60 Å². The topological polar surface area (TPSA) is 40.5 Å². The van der Waals surface area contributed by atoms with Gasteiger partial charge >= 0.3 is 0 Å². The van der Waals surface area contributed by atoms with Crippen LogP contribution in [-0.2, 0) is 0 Å². The fourth-order valence-electron chi connectivity index (χ4n) is 6.95. The molecule has 4 aliphatic rings. The van der Waals surface area contributed by atoms with Crippen molar-refractivity contribution in [2.45, 2.75) is 122 Å². The van der Waals surface area contributed by atoms with Crippen molar-refractivity contribution in [2.75, 3.05) is 0 Å². The van der Waals surface area contributed by atoms with E-state index in [0.717, 1.165) is 68.6 Å². The molecule has 2 nitrogen and oxygen atoms in total. The highest BCUT2D eigenvalue weighted by Gasteiger charge is 2.45. The highest BCUT2D eigenvalue weighted by molar-refractivity contribution is 5.22. The molecule has 0 saturated heterocycles. The number of rotatable bonds is 9. The van der Waals surface area contributed by atoms with Gasteiger partial charge in [-0.25, -0.2) is 0 Å². The van der Waals surface area contributed by atoms with Crippen LogP contribution in [0.15, 0.2) is 23.3 Å². The van der Waals surface area contributed by atoms with Gasteiger partial charge in [0, 0.05) is 0 Å². The summed E-state index contributed by atoms with van der Waals surface area (Å²) < 4.78 is 0. The minimum atomic E-state index is -0.437. The summed E-state index contributed by atoms with van der Waals surface area (Å²) in [6.45, 7) is 6.87. The fourth-order valence-corrected chi connectivity index (χ4v) is 6.95. The van der Waals surface area contributed by atoms with Crippen LogP contribution in [0.25, 0.3) is 0 Å². The van der Waals surface area contributed by atoms with Gasteiger partial charge in [0.15, 0.2) is 0 Å². The number of allylic oxidation sites excluding steroid dienone is 3. The van der Waals surface area contributed by atoms with Gasteiger partial charge in [0.25, 0.3) is 0 Å². The van der Waals surface area contributed by atoms with E-state index >= 15 is 0 Å².